The summed E-state index contributed by atoms with van der Waals surface area (Å²) in [6.45, 7) is 1.19. The minimum absolute atomic E-state index is 0.114. The third-order valence-electron chi connectivity index (χ3n) is 7.35. The van der Waals surface area contributed by atoms with Crippen LogP contribution in [0.4, 0.5) is 30.9 Å². The maximum atomic E-state index is 13.1. The zero-order chi connectivity index (χ0) is 22.0. The number of hydrogen-bond acceptors (Lipinski definition) is 8. The summed E-state index contributed by atoms with van der Waals surface area (Å²) < 4.78 is 39.2. The molecule has 0 amide bonds. The Hall–Kier alpha value is -2.69. The van der Waals surface area contributed by atoms with Gasteiger partial charge in [-0.1, -0.05) is 0 Å². The minimum Gasteiger partial charge on any atom is -0.368 e. The Kier molecular flexibility index (Phi) is 4.46. The second kappa shape index (κ2) is 7.16. The molecule has 170 valence electrons. The zero-order valence-electron chi connectivity index (χ0n) is 17.5. The number of nitrogens with two attached hydrogens (primary N) is 1. The molecule has 7 rings (SSSR count). The molecule has 2 N–H and O–H groups in total. The molecule has 6 heterocycles. The number of nitrogen functional groups attached to an aromatic ring is 1. The molecule has 32 heavy (non-hydrogen) atoms. The first-order valence-electron chi connectivity index (χ1n) is 11.1. The number of anilines is 3. The Labute approximate surface area is 183 Å². The molecule has 5 fully saturated rings. The van der Waals surface area contributed by atoms with Crippen molar-refractivity contribution in [1.82, 2.24) is 24.8 Å². The van der Waals surface area contributed by atoms with Gasteiger partial charge in [0.2, 0.25) is 11.9 Å². The quantitative estimate of drug-likeness (QED) is 0.766. The van der Waals surface area contributed by atoms with E-state index in [2.05, 4.69) is 19.8 Å². The van der Waals surface area contributed by atoms with E-state index in [4.69, 9.17) is 15.7 Å². The van der Waals surface area contributed by atoms with Gasteiger partial charge in [0.1, 0.15) is 5.82 Å². The average Bonchev–Trinajstić information content (AvgIpc) is 3.38. The van der Waals surface area contributed by atoms with Crippen molar-refractivity contribution in [2.45, 2.75) is 50.0 Å². The first-order valence-corrected chi connectivity index (χ1v) is 11.1. The third kappa shape index (κ3) is 3.52. The molecule has 2 atom stereocenters. The second-order valence-corrected chi connectivity index (χ2v) is 9.46. The van der Waals surface area contributed by atoms with E-state index in [1.54, 1.807) is 17.3 Å². The van der Waals surface area contributed by atoms with Gasteiger partial charge in [0.05, 0.1) is 12.2 Å². The van der Waals surface area contributed by atoms with E-state index in [-0.39, 0.29) is 18.0 Å². The van der Waals surface area contributed by atoms with E-state index in [0.29, 0.717) is 36.7 Å². The summed E-state index contributed by atoms with van der Waals surface area (Å²) >= 11 is 0. The van der Waals surface area contributed by atoms with Gasteiger partial charge in [-0.3, -0.25) is 4.90 Å². The molecule has 11 heteroatoms. The highest BCUT2D eigenvalue weighted by atomic mass is 19.4. The molecular formula is C21H25F3N8. The van der Waals surface area contributed by atoms with Crippen LogP contribution in [0.3, 0.4) is 0 Å². The molecule has 5 aliphatic rings. The number of fused-ring (bicyclic) bond motifs is 3. The van der Waals surface area contributed by atoms with Gasteiger partial charge in [0.15, 0.2) is 0 Å². The number of piperazine rings is 1. The lowest BCUT2D eigenvalue weighted by Crippen LogP contribution is -2.56. The number of aromatic nitrogens is 4. The summed E-state index contributed by atoms with van der Waals surface area (Å²) in [6.07, 6.45) is 3.03. The van der Waals surface area contributed by atoms with E-state index in [1.807, 2.05) is 6.07 Å². The van der Waals surface area contributed by atoms with Crippen molar-refractivity contribution in [3.05, 3.63) is 18.5 Å². The van der Waals surface area contributed by atoms with Gasteiger partial charge in [-0.2, -0.15) is 18.2 Å². The van der Waals surface area contributed by atoms with Crippen molar-refractivity contribution in [2.75, 3.05) is 41.7 Å². The van der Waals surface area contributed by atoms with Crippen LogP contribution in [0.15, 0.2) is 18.5 Å². The largest absolute Gasteiger partial charge is 0.401 e. The fourth-order valence-corrected chi connectivity index (χ4v) is 5.75. The normalized spacial score (nSPS) is 29.5. The number of nitrogens with zero attached hydrogens (tertiary/aromatic N) is 7. The molecule has 4 aliphatic heterocycles. The van der Waals surface area contributed by atoms with Crippen LogP contribution < -0.4 is 15.5 Å². The van der Waals surface area contributed by atoms with Crippen LogP contribution in [0, 0.1) is 5.92 Å². The Morgan fingerprint density at radius 2 is 1.66 bits per heavy atom. The predicted molar refractivity (Wildman–Crippen MR) is 113 cm³/mol. The SMILES string of the molecule is Nc1ncc(-c2cc(N3CC4CCC(C3)N4CC(F)(F)F)nc(N3CC4CC3C4)n2)cn1. The van der Waals surface area contributed by atoms with Gasteiger partial charge in [0.25, 0.3) is 0 Å². The highest BCUT2D eigenvalue weighted by Gasteiger charge is 2.46. The molecule has 1 saturated carbocycles. The van der Waals surface area contributed by atoms with E-state index in [1.165, 1.54) is 12.8 Å². The smallest absolute Gasteiger partial charge is 0.368 e. The van der Waals surface area contributed by atoms with Gasteiger partial charge in [-0.25, -0.2) is 15.0 Å². The summed E-state index contributed by atoms with van der Waals surface area (Å²) in [6, 6.07) is 2.15. The molecule has 8 nitrogen and oxygen atoms in total. The van der Waals surface area contributed by atoms with Crippen molar-refractivity contribution >= 4 is 17.7 Å². The molecule has 4 bridgehead atoms. The topological polar surface area (TPSA) is 87.3 Å². The maximum absolute atomic E-state index is 13.1. The summed E-state index contributed by atoms with van der Waals surface area (Å²) in [4.78, 5) is 23.9. The number of alkyl halides is 3. The van der Waals surface area contributed by atoms with Gasteiger partial charge >= 0.3 is 6.18 Å². The first-order chi connectivity index (χ1) is 15.3. The molecule has 0 radical (unpaired) electrons. The first kappa shape index (κ1) is 20.0. The molecule has 2 aromatic heterocycles. The highest BCUT2D eigenvalue weighted by molar-refractivity contribution is 5.65. The number of hydrogen-bond donors (Lipinski definition) is 1. The van der Waals surface area contributed by atoms with Crippen molar-refractivity contribution < 1.29 is 13.2 Å². The second-order valence-electron chi connectivity index (χ2n) is 9.46. The van der Waals surface area contributed by atoms with Crippen molar-refractivity contribution in [3.8, 4) is 11.3 Å². The lowest BCUT2D eigenvalue weighted by molar-refractivity contribution is -0.153. The lowest BCUT2D eigenvalue weighted by atomic mass is 9.86. The van der Waals surface area contributed by atoms with Crippen LogP contribution in [0.5, 0.6) is 0 Å². The Bertz CT molecular complexity index is 993. The van der Waals surface area contributed by atoms with E-state index >= 15 is 0 Å². The molecular weight excluding hydrogens is 421 g/mol. The van der Waals surface area contributed by atoms with Crippen molar-refractivity contribution in [1.29, 1.82) is 0 Å². The Morgan fingerprint density at radius 3 is 2.25 bits per heavy atom. The monoisotopic (exact) mass is 446 g/mol. The van der Waals surface area contributed by atoms with Crippen molar-refractivity contribution in [2.24, 2.45) is 5.92 Å². The molecule has 0 aromatic carbocycles. The van der Waals surface area contributed by atoms with Gasteiger partial charge in [-0.15, -0.1) is 0 Å². The van der Waals surface area contributed by atoms with Gasteiger partial charge < -0.3 is 15.5 Å². The van der Waals surface area contributed by atoms with Gasteiger partial charge in [-0.05, 0) is 31.6 Å². The standard InChI is InChI=1S/C21H25F3N8/c22-21(23,24)11-32-14-1-2-15(32)10-30(9-14)18-5-17(13-6-26-19(25)27-7-13)28-20(29-18)31-8-12-3-16(31)4-12/h5-7,12,14-16H,1-4,8-11H2,(H2,25,26,27). The van der Waals surface area contributed by atoms with E-state index < -0.39 is 12.7 Å². The summed E-state index contributed by atoms with van der Waals surface area (Å²) in [7, 11) is 0. The zero-order valence-corrected chi connectivity index (χ0v) is 17.5. The lowest BCUT2D eigenvalue weighted by Gasteiger charge is -2.42. The minimum atomic E-state index is -4.18. The molecule has 2 unspecified atom stereocenters. The summed E-state index contributed by atoms with van der Waals surface area (Å²) in [5, 5.41) is 0. The van der Waals surface area contributed by atoms with E-state index in [9.17, 15) is 13.2 Å². The number of rotatable bonds is 4. The van der Waals surface area contributed by atoms with Crippen LogP contribution in [0.1, 0.15) is 25.7 Å². The summed E-state index contributed by atoms with van der Waals surface area (Å²) in [5.41, 5.74) is 7.10. The Balaban J connectivity index is 1.32. The van der Waals surface area contributed by atoms with Crippen LogP contribution in [-0.4, -0.2) is 75.3 Å². The van der Waals surface area contributed by atoms with Crippen LogP contribution >= 0.6 is 0 Å². The molecule has 0 spiro atoms. The third-order valence-corrected chi connectivity index (χ3v) is 7.35. The highest BCUT2D eigenvalue weighted by Crippen LogP contribution is 2.43. The molecule has 1 aliphatic carbocycles. The van der Waals surface area contributed by atoms with Crippen LogP contribution in [0.25, 0.3) is 11.3 Å². The fourth-order valence-electron chi connectivity index (χ4n) is 5.75. The number of halogens is 3. The predicted octanol–water partition coefficient (Wildman–Crippen LogP) is 2.33. The maximum Gasteiger partial charge on any atom is 0.401 e. The van der Waals surface area contributed by atoms with Crippen LogP contribution in [-0.2, 0) is 0 Å². The van der Waals surface area contributed by atoms with Gasteiger partial charge in [0, 0.05) is 61.8 Å². The van der Waals surface area contributed by atoms with E-state index in [0.717, 1.165) is 30.8 Å². The Morgan fingerprint density at radius 1 is 0.969 bits per heavy atom. The fraction of sp³-hybridized carbons (Fsp3) is 0.619. The summed E-state index contributed by atoms with van der Waals surface area (Å²) in [5.74, 6) is 2.34. The molecule has 4 saturated heterocycles. The average molecular weight is 446 g/mol. The van der Waals surface area contributed by atoms with Crippen molar-refractivity contribution in [3.63, 3.8) is 0 Å². The van der Waals surface area contributed by atoms with Crippen LogP contribution in [0.2, 0.25) is 0 Å². The molecule has 2 aromatic rings.